The van der Waals surface area contributed by atoms with Crippen molar-refractivity contribution in [3.8, 4) is 78.4 Å². The van der Waals surface area contributed by atoms with Gasteiger partial charge in [0.2, 0.25) is 0 Å². The molecule has 0 spiro atoms. The van der Waals surface area contributed by atoms with Crippen LogP contribution in [0.15, 0.2) is 231 Å². The van der Waals surface area contributed by atoms with Gasteiger partial charge < -0.3 is 0 Å². The highest BCUT2D eigenvalue weighted by atomic mass is 14.9. The molecule has 11 rings (SSSR count). The number of hydrogen-bond acceptors (Lipinski definition) is 2. The largest absolute Gasteiger partial charge is 0.228 e. The van der Waals surface area contributed by atoms with Gasteiger partial charge in [-0.15, -0.1) is 0 Å². The second-order valence-electron chi connectivity index (χ2n) is 15.4. The van der Waals surface area contributed by atoms with Crippen LogP contribution in [0.4, 0.5) is 0 Å². The van der Waals surface area contributed by atoms with Crippen molar-refractivity contribution >= 4 is 32.3 Å². The third-order valence-electron chi connectivity index (χ3n) is 11.7. The lowest BCUT2D eigenvalue weighted by molar-refractivity contribution is 1.18. The topological polar surface area (TPSA) is 25.8 Å². The van der Waals surface area contributed by atoms with Crippen LogP contribution in [0.5, 0.6) is 0 Å². The van der Waals surface area contributed by atoms with E-state index in [-0.39, 0.29) is 0 Å². The Morgan fingerprint density at radius 1 is 0.183 bits per heavy atom. The summed E-state index contributed by atoms with van der Waals surface area (Å²) in [5, 5.41) is 7.68. The summed E-state index contributed by atoms with van der Waals surface area (Å²) >= 11 is 0. The maximum Gasteiger partial charge on any atom is 0.160 e. The molecule has 0 aliphatic rings. The maximum absolute atomic E-state index is 5.28. The number of nitrogens with zero attached hydrogens (tertiary/aromatic N) is 2. The number of fused-ring (bicyclic) bond motifs is 6. The molecular formula is C58H38N2. The minimum Gasteiger partial charge on any atom is -0.228 e. The van der Waals surface area contributed by atoms with Gasteiger partial charge >= 0.3 is 0 Å². The van der Waals surface area contributed by atoms with E-state index in [9.17, 15) is 0 Å². The van der Waals surface area contributed by atoms with Crippen LogP contribution >= 0.6 is 0 Å². The highest BCUT2D eigenvalue weighted by molar-refractivity contribution is 6.25. The highest BCUT2D eigenvalue weighted by Gasteiger charge is 2.15. The molecule has 0 bridgehead atoms. The van der Waals surface area contributed by atoms with Crippen molar-refractivity contribution in [3.05, 3.63) is 231 Å². The SMILES string of the molecule is c1ccc(-c2cccc(-c3cc(-c4cccc(-c5ccccc5)c4)nc(-c4cccc(-c5cccc(-c6ccc7c8ccccc8c8ccccc8c7c6)c5)c4)n3)c2)cc1. The van der Waals surface area contributed by atoms with Crippen molar-refractivity contribution in [2.75, 3.05) is 0 Å². The standard InChI is InChI=1S/C58H38N2/c1-3-15-39(16-4-1)41-19-12-24-47(34-41)56-38-57(48-25-13-20-42(35-48)40-17-5-2-6-18-40)60-58(59-56)49-26-14-23-45(36-49)43-21-11-22-44(33-43)46-31-32-54-52-29-8-7-27-50(52)51-28-9-10-30-53(51)55(54)37-46/h1-38H. The molecule has 0 atom stereocenters. The minimum absolute atomic E-state index is 0.685. The van der Waals surface area contributed by atoms with E-state index in [1.54, 1.807) is 0 Å². The zero-order valence-electron chi connectivity index (χ0n) is 32.8. The predicted octanol–water partition coefficient (Wildman–Crippen LogP) is 15.6. The normalized spacial score (nSPS) is 11.3. The van der Waals surface area contributed by atoms with Crippen molar-refractivity contribution < 1.29 is 0 Å². The van der Waals surface area contributed by atoms with Gasteiger partial charge in [0.15, 0.2) is 5.82 Å². The molecule has 10 aromatic carbocycles. The van der Waals surface area contributed by atoms with Gasteiger partial charge in [-0.3, -0.25) is 0 Å². The van der Waals surface area contributed by atoms with E-state index < -0.39 is 0 Å². The first kappa shape index (κ1) is 35.2. The molecule has 0 radical (unpaired) electrons. The zero-order chi connectivity index (χ0) is 39.8. The Bertz CT molecular complexity index is 3230. The quantitative estimate of drug-likeness (QED) is 0.151. The van der Waals surface area contributed by atoms with E-state index in [1.807, 2.05) is 0 Å². The third kappa shape index (κ3) is 6.61. The molecule has 1 aromatic heterocycles. The fourth-order valence-electron chi connectivity index (χ4n) is 8.65. The monoisotopic (exact) mass is 762 g/mol. The van der Waals surface area contributed by atoms with E-state index in [4.69, 9.17) is 9.97 Å². The Balaban J connectivity index is 1.01. The molecule has 60 heavy (non-hydrogen) atoms. The highest BCUT2D eigenvalue weighted by Crippen LogP contribution is 2.38. The second kappa shape index (κ2) is 15.1. The van der Waals surface area contributed by atoms with Gasteiger partial charge in [-0.25, -0.2) is 9.97 Å². The molecular weight excluding hydrogens is 725 g/mol. The average Bonchev–Trinajstić information content (AvgIpc) is 3.34. The van der Waals surface area contributed by atoms with E-state index in [2.05, 4.69) is 231 Å². The van der Waals surface area contributed by atoms with Gasteiger partial charge in [0.1, 0.15) is 0 Å². The summed E-state index contributed by atoms with van der Waals surface area (Å²) in [4.78, 5) is 10.6. The van der Waals surface area contributed by atoms with Crippen molar-refractivity contribution in [2.24, 2.45) is 0 Å². The van der Waals surface area contributed by atoms with Gasteiger partial charge in [0.25, 0.3) is 0 Å². The van der Waals surface area contributed by atoms with E-state index in [0.29, 0.717) is 5.82 Å². The number of benzene rings is 10. The summed E-state index contributed by atoms with van der Waals surface area (Å²) in [5.74, 6) is 0.685. The summed E-state index contributed by atoms with van der Waals surface area (Å²) in [7, 11) is 0. The van der Waals surface area contributed by atoms with Crippen molar-refractivity contribution in [1.82, 2.24) is 9.97 Å². The molecule has 1 heterocycles. The number of aromatic nitrogens is 2. The summed E-state index contributed by atoms with van der Waals surface area (Å²) < 4.78 is 0. The van der Waals surface area contributed by atoms with Crippen LogP contribution in [0.2, 0.25) is 0 Å². The molecule has 0 N–H and O–H groups in total. The first-order chi connectivity index (χ1) is 29.7. The van der Waals surface area contributed by atoms with E-state index in [1.165, 1.54) is 54.6 Å². The van der Waals surface area contributed by atoms with E-state index >= 15 is 0 Å². The van der Waals surface area contributed by atoms with Crippen molar-refractivity contribution in [2.45, 2.75) is 0 Å². The molecule has 0 saturated heterocycles. The number of rotatable bonds is 7. The first-order valence-corrected chi connectivity index (χ1v) is 20.5. The Kier molecular flexibility index (Phi) is 8.87. The van der Waals surface area contributed by atoms with Crippen LogP contribution in [0.3, 0.4) is 0 Å². The molecule has 0 saturated carbocycles. The predicted molar refractivity (Wildman–Crippen MR) is 253 cm³/mol. The summed E-state index contributed by atoms with van der Waals surface area (Å²) in [6.45, 7) is 0. The lowest BCUT2D eigenvalue weighted by Crippen LogP contribution is -1.96. The van der Waals surface area contributed by atoms with Crippen LogP contribution < -0.4 is 0 Å². The molecule has 0 fully saturated rings. The Morgan fingerprint density at radius 2 is 0.500 bits per heavy atom. The maximum atomic E-state index is 5.28. The van der Waals surface area contributed by atoms with Crippen LogP contribution in [0.1, 0.15) is 0 Å². The third-order valence-corrected chi connectivity index (χ3v) is 11.7. The van der Waals surface area contributed by atoms with Gasteiger partial charge in [-0.2, -0.15) is 0 Å². The molecule has 280 valence electrons. The molecule has 2 nitrogen and oxygen atoms in total. The van der Waals surface area contributed by atoms with Crippen molar-refractivity contribution in [3.63, 3.8) is 0 Å². The molecule has 0 amide bonds. The molecule has 0 aliphatic carbocycles. The molecule has 11 aromatic rings. The fourth-order valence-corrected chi connectivity index (χ4v) is 8.65. The summed E-state index contributed by atoms with van der Waals surface area (Å²) in [6, 6.07) is 82.4. The second-order valence-corrected chi connectivity index (χ2v) is 15.4. The lowest BCUT2D eigenvalue weighted by atomic mass is 9.91. The van der Waals surface area contributed by atoms with Crippen molar-refractivity contribution in [1.29, 1.82) is 0 Å². The first-order valence-electron chi connectivity index (χ1n) is 20.5. The number of hydrogen-bond donors (Lipinski definition) is 0. The fraction of sp³-hybridized carbons (Fsp3) is 0. The van der Waals surface area contributed by atoms with Gasteiger partial charge in [0, 0.05) is 16.7 Å². The van der Waals surface area contributed by atoms with Crippen LogP contribution in [-0.4, -0.2) is 9.97 Å². The van der Waals surface area contributed by atoms with Gasteiger partial charge in [-0.05, 0) is 113 Å². The lowest BCUT2D eigenvalue weighted by Gasteiger charge is -2.13. The minimum atomic E-state index is 0.685. The molecule has 0 aliphatic heterocycles. The Labute approximate surface area is 349 Å². The van der Waals surface area contributed by atoms with E-state index in [0.717, 1.165) is 50.3 Å². The summed E-state index contributed by atoms with van der Waals surface area (Å²) in [6.07, 6.45) is 0. The van der Waals surface area contributed by atoms with Crippen LogP contribution in [0, 0.1) is 0 Å². The van der Waals surface area contributed by atoms with Gasteiger partial charge in [0.05, 0.1) is 11.4 Å². The van der Waals surface area contributed by atoms with Crippen LogP contribution in [-0.2, 0) is 0 Å². The Hall–Kier alpha value is -7.94. The smallest absolute Gasteiger partial charge is 0.160 e. The zero-order valence-corrected chi connectivity index (χ0v) is 32.8. The summed E-state index contributed by atoms with van der Waals surface area (Å²) in [5.41, 5.74) is 14.1. The van der Waals surface area contributed by atoms with Gasteiger partial charge in [-0.1, -0.05) is 194 Å². The average molecular weight is 763 g/mol. The van der Waals surface area contributed by atoms with Crippen LogP contribution in [0.25, 0.3) is 111 Å². The molecule has 0 unspecified atom stereocenters. The Morgan fingerprint density at radius 3 is 0.983 bits per heavy atom. The molecule has 2 heteroatoms.